The molecule has 2 heteroatoms. The second-order valence-electron chi connectivity index (χ2n) is 22.1. The molecule has 3 aromatic carbocycles. The molecule has 6 fully saturated rings. The van der Waals surface area contributed by atoms with Crippen molar-refractivity contribution >= 4 is 34.9 Å². The van der Waals surface area contributed by atoms with E-state index in [1.54, 1.807) is 44.9 Å². The van der Waals surface area contributed by atoms with E-state index in [-0.39, 0.29) is 7.43 Å². The molecule has 0 amide bonds. The van der Waals surface area contributed by atoms with E-state index in [9.17, 15) is 4.79 Å². The van der Waals surface area contributed by atoms with Gasteiger partial charge in [-0.15, -0.1) is 0 Å². The summed E-state index contributed by atoms with van der Waals surface area (Å²) in [6.45, 7) is 7.42. The lowest BCUT2D eigenvalue weighted by molar-refractivity contribution is -0.113. The van der Waals surface area contributed by atoms with Crippen molar-refractivity contribution in [3.8, 4) is 0 Å². The molecule has 0 aliphatic heterocycles. The predicted octanol–water partition coefficient (Wildman–Crippen LogP) is 17.1. The summed E-state index contributed by atoms with van der Waals surface area (Å²) in [5.41, 5.74) is 0. The Bertz CT molecular complexity index is 1730. The first-order valence-electron chi connectivity index (χ1n) is 27.4. The Balaban J connectivity index is 0.000000160. The van der Waals surface area contributed by atoms with Gasteiger partial charge < -0.3 is 4.79 Å². The van der Waals surface area contributed by atoms with Crippen molar-refractivity contribution in [3.05, 3.63) is 103 Å². The molecule has 0 spiro atoms. The van der Waals surface area contributed by atoms with Gasteiger partial charge in [-0.25, -0.2) is 0 Å². The zero-order valence-corrected chi connectivity index (χ0v) is 42.1. The molecule has 3 aromatic rings. The van der Waals surface area contributed by atoms with Gasteiger partial charge in [0.1, 0.15) is 6.29 Å². The standard InChI is InChI=1S/C22H38.C20H34O.C20H19P.CH4/c1-3-5-17-7-10-19(11-8-17)21-14-13-20-15-18(6-4-2)9-12-22(20)16-21;1-2-3-15-4-7-17(8-5-15)19-11-10-18-12-16(14-21)6-9-20(18)13-19;1-2-21(18-12-6-3-7-13-18,19-14-8-4-9-15-19)20-16-10-5-11-17-20;/h4,6,17-22H,3,5,7-16H2,1-2H3;14-20H,2-13H2,1H3;2-17H,1H3;1H4/b6-4+;;;. The van der Waals surface area contributed by atoms with E-state index in [4.69, 9.17) is 0 Å². The largest absolute Gasteiger partial charge is 0.303 e. The summed E-state index contributed by atoms with van der Waals surface area (Å²) in [7, 11) is 0. The van der Waals surface area contributed by atoms with Gasteiger partial charge in [0.05, 0.1) is 0 Å². The third kappa shape index (κ3) is 13.8. The van der Waals surface area contributed by atoms with Crippen LogP contribution in [-0.4, -0.2) is 12.1 Å². The summed E-state index contributed by atoms with van der Waals surface area (Å²) < 4.78 is 0. The fourth-order valence-electron chi connectivity index (χ4n) is 14.9. The van der Waals surface area contributed by atoms with E-state index >= 15 is 0 Å². The highest BCUT2D eigenvalue weighted by molar-refractivity contribution is 7.94. The third-order valence-electron chi connectivity index (χ3n) is 18.4. The highest BCUT2D eigenvalue weighted by Gasteiger charge is 2.40. The Morgan fingerprint density at radius 3 is 1.11 bits per heavy atom. The van der Waals surface area contributed by atoms with E-state index < -0.39 is 6.89 Å². The molecule has 358 valence electrons. The quantitative estimate of drug-likeness (QED) is 0.106. The zero-order valence-electron chi connectivity index (χ0n) is 41.2. The van der Waals surface area contributed by atoms with Crippen molar-refractivity contribution in [2.75, 3.05) is 0 Å². The number of aldehydes is 1. The number of carbonyl (C=O) groups excluding carboxylic acids is 1. The lowest BCUT2D eigenvalue weighted by Gasteiger charge is -2.45. The second-order valence-corrected chi connectivity index (χ2v) is 25.6. The van der Waals surface area contributed by atoms with Gasteiger partial charge in [-0.2, -0.15) is 0 Å². The lowest BCUT2D eigenvalue weighted by atomic mass is 9.61. The number of carbonyl (C=O) groups is 1. The van der Waals surface area contributed by atoms with Gasteiger partial charge in [-0.05, 0) is 204 Å². The Morgan fingerprint density at radius 2 is 0.754 bits per heavy atom. The van der Waals surface area contributed by atoms with Crippen LogP contribution in [0.15, 0.2) is 103 Å². The van der Waals surface area contributed by atoms with Crippen LogP contribution >= 0.6 is 6.89 Å². The fourth-order valence-corrected chi connectivity index (χ4v) is 18.7. The van der Waals surface area contributed by atoms with Crippen LogP contribution in [0.25, 0.3) is 0 Å². The summed E-state index contributed by atoms with van der Waals surface area (Å²) in [5.74, 6) is 14.1. The molecule has 0 heterocycles. The number of hydrogen-bond acceptors (Lipinski definition) is 1. The van der Waals surface area contributed by atoms with Gasteiger partial charge in [0.25, 0.3) is 0 Å². The Labute approximate surface area is 401 Å². The molecule has 9 rings (SSSR count). The zero-order chi connectivity index (χ0) is 44.6. The minimum absolute atomic E-state index is 0. The molecule has 1 nitrogen and oxygen atoms in total. The molecule has 0 saturated heterocycles. The Morgan fingerprint density at radius 1 is 0.431 bits per heavy atom. The number of fused-ring (bicyclic) bond motifs is 2. The van der Waals surface area contributed by atoms with Crippen molar-refractivity contribution in [2.45, 2.75) is 189 Å². The van der Waals surface area contributed by atoms with Crippen molar-refractivity contribution in [1.29, 1.82) is 0 Å². The maximum atomic E-state index is 11.0. The Hall–Kier alpha value is -2.63. The van der Waals surface area contributed by atoms with E-state index in [1.807, 2.05) is 0 Å². The molecule has 0 aromatic heterocycles. The maximum absolute atomic E-state index is 11.0. The monoisotopic (exact) mass is 899 g/mol. The van der Waals surface area contributed by atoms with E-state index in [1.165, 1.54) is 131 Å². The van der Waals surface area contributed by atoms with Gasteiger partial charge >= 0.3 is 0 Å². The molecule has 6 aliphatic rings. The van der Waals surface area contributed by atoms with Crippen LogP contribution in [0.2, 0.25) is 0 Å². The molecule has 8 atom stereocenters. The molecule has 6 aliphatic carbocycles. The van der Waals surface area contributed by atoms with Crippen LogP contribution in [-0.2, 0) is 4.79 Å². The first-order chi connectivity index (χ1) is 31.5. The van der Waals surface area contributed by atoms with Crippen LogP contribution in [0.5, 0.6) is 0 Å². The van der Waals surface area contributed by atoms with Crippen molar-refractivity contribution in [3.63, 3.8) is 0 Å². The predicted molar refractivity (Wildman–Crippen MR) is 289 cm³/mol. The number of hydrogen-bond donors (Lipinski definition) is 0. The van der Waals surface area contributed by atoms with Gasteiger partial charge in [0, 0.05) is 5.92 Å². The Kier molecular flexibility index (Phi) is 21.3. The fraction of sp³-hybridized carbons (Fsp3) is 0.651. The minimum atomic E-state index is -1.66. The van der Waals surface area contributed by atoms with E-state index in [0.29, 0.717) is 5.92 Å². The topological polar surface area (TPSA) is 17.1 Å². The van der Waals surface area contributed by atoms with Crippen molar-refractivity contribution in [2.24, 2.45) is 71.0 Å². The van der Waals surface area contributed by atoms with Gasteiger partial charge in [-0.3, -0.25) is 0 Å². The number of allylic oxidation sites excluding steroid dienone is 2. The summed E-state index contributed by atoms with van der Waals surface area (Å²) in [5, 5.41) is 4.22. The van der Waals surface area contributed by atoms with Gasteiger partial charge in [0.15, 0.2) is 0 Å². The average molecular weight is 899 g/mol. The van der Waals surface area contributed by atoms with Crippen LogP contribution < -0.4 is 15.9 Å². The second kappa shape index (κ2) is 26.8. The van der Waals surface area contributed by atoms with Crippen molar-refractivity contribution in [1.82, 2.24) is 0 Å². The van der Waals surface area contributed by atoms with Crippen LogP contribution in [0.4, 0.5) is 0 Å². The van der Waals surface area contributed by atoms with Crippen LogP contribution in [0.1, 0.15) is 189 Å². The number of benzene rings is 3. The molecule has 8 unspecified atom stereocenters. The maximum Gasteiger partial charge on any atom is 0.123 e. The smallest absolute Gasteiger partial charge is 0.123 e. The summed E-state index contributed by atoms with van der Waals surface area (Å²) in [6.07, 6.45) is 41.4. The molecule has 0 N–H and O–H groups in total. The SMILES string of the molecule is C.C/C=C/C1CCC2CC(C3CCC(CCC)CC3)CCC2C1.CC=P(c1ccccc1)(c1ccccc1)c1ccccc1.CCCC1CCC(C2CCC3CC(C=O)CCC3C2)CC1. The highest BCUT2D eigenvalue weighted by Crippen LogP contribution is 2.51. The normalized spacial score (nSPS) is 32.4. The number of rotatable bonds is 11. The molecular weight excluding hydrogens is 804 g/mol. The van der Waals surface area contributed by atoms with E-state index in [2.05, 4.69) is 137 Å². The van der Waals surface area contributed by atoms with Gasteiger partial charge in [0.2, 0.25) is 0 Å². The summed E-state index contributed by atoms with van der Waals surface area (Å²) in [4.78, 5) is 11.0. The molecular formula is C63H95OP. The molecule has 0 bridgehead atoms. The minimum Gasteiger partial charge on any atom is -0.303 e. The highest BCUT2D eigenvalue weighted by atomic mass is 31.2. The first-order valence-corrected chi connectivity index (χ1v) is 29.3. The third-order valence-corrected chi connectivity index (χ3v) is 22.5. The van der Waals surface area contributed by atoms with Crippen molar-refractivity contribution < 1.29 is 4.79 Å². The van der Waals surface area contributed by atoms with E-state index in [0.717, 1.165) is 65.1 Å². The molecule has 6 saturated carbocycles. The van der Waals surface area contributed by atoms with Crippen LogP contribution in [0, 0.1) is 71.0 Å². The van der Waals surface area contributed by atoms with Gasteiger partial charge in [-0.1, -0.05) is 182 Å². The first kappa shape index (κ1) is 51.8. The van der Waals surface area contributed by atoms with Crippen LogP contribution in [0.3, 0.4) is 0 Å². The molecule has 0 radical (unpaired) electrons. The lowest BCUT2D eigenvalue weighted by Crippen LogP contribution is -2.34. The average Bonchev–Trinajstić information content (AvgIpc) is 3.36. The molecule has 65 heavy (non-hydrogen) atoms. The summed E-state index contributed by atoms with van der Waals surface area (Å²) in [6, 6.07) is 32.6. The summed E-state index contributed by atoms with van der Waals surface area (Å²) >= 11 is 0.